The molecule has 0 aliphatic carbocycles. The lowest BCUT2D eigenvalue weighted by Gasteiger charge is -2.05. The van der Waals surface area contributed by atoms with Gasteiger partial charge in [-0.05, 0) is 22.6 Å². The van der Waals surface area contributed by atoms with E-state index in [1.807, 2.05) is 6.07 Å². The third-order valence-corrected chi connectivity index (χ3v) is 2.72. The maximum atomic E-state index is 11.9. The van der Waals surface area contributed by atoms with Crippen molar-refractivity contribution in [3.63, 3.8) is 0 Å². The highest BCUT2D eigenvalue weighted by atomic mass is 16.2. The van der Waals surface area contributed by atoms with Crippen LogP contribution in [0.1, 0.15) is 10.6 Å². The Bertz CT molecular complexity index is 790. The number of aryl methyl sites for hydroxylation is 1. The zero-order chi connectivity index (χ0) is 14.8. The van der Waals surface area contributed by atoms with Crippen molar-refractivity contribution >= 4 is 17.5 Å². The van der Waals surface area contributed by atoms with Crippen molar-refractivity contribution in [1.29, 1.82) is 0 Å². The fourth-order valence-electron chi connectivity index (χ4n) is 1.78. The third-order valence-electron chi connectivity index (χ3n) is 2.72. The van der Waals surface area contributed by atoms with Crippen molar-refractivity contribution in [2.75, 3.05) is 11.1 Å². The first-order chi connectivity index (χ1) is 10.1. The van der Waals surface area contributed by atoms with Crippen LogP contribution in [0.4, 0.5) is 11.6 Å². The fraction of sp³-hybridized carbons (Fsp3) is 0.0909. The Morgan fingerprint density at radius 3 is 2.95 bits per heavy atom. The number of nitrogen functional groups attached to an aromatic ring is 1. The lowest BCUT2D eigenvalue weighted by Crippen LogP contribution is -2.13. The molecule has 0 aliphatic rings. The van der Waals surface area contributed by atoms with Gasteiger partial charge in [0.15, 0.2) is 5.82 Å². The largest absolute Gasteiger partial charge is 0.366 e. The summed E-state index contributed by atoms with van der Waals surface area (Å²) < 4.78 is 1.54. The van der Waals surface area contributed by atoms with Crippen molar-refractivity contribution in [2.24, 2.45) is 7.05 Å². The molecule has 106 valence electrons. The minimum Gasteiger partial charge on any atom is -0.366 e. The minimum absolute atomic E-state index is 0.0130. The average molecular weight is 285 g/mol. The Balaban J connectivity index is 1.84. The SMILES string of the molecule is Cn1nnnc1-c1cccc(NC(=O)c2nc(N)n[nH]2)c1. The van der Waals surface area contributed by atoms with Crippen molar-refractivity contribution in [2.45, 2.75) is 0 Å². The van der Waals surface area contributed by atoms with Gasteiger partial charge in [-0.25, -0.2) is 4.68 Å². The molecule has 10 nitrogen and oxygen atoms in total. The second-order valence-corrected chi connectivity index (χ2v) is 4.20. The first-order valence-electron chi connectivity index (χ1n) is 5.95. The number of amides is 1. The fourth-order valence-corrected chi connectivity index (χ4v) is 1.78. The van der Waals surface area contributed by atoms with Gasteiger partial charge in [0.1, 0.15) is 0 Å². The Hall–Kier alpha value is -3.30. The molecule has 2 aromatic heterocycles. The van der Waals surface area contributed by atoms with E-state index in [0.29, 0.717) is 11.5 Å². The first kappa shape index (κ1) is 12.7. The molecule has 3 rings (SSSR count). The number of nitrogens with two attached hydrogens (primary N) is 1. The number of hydrogen-bond donors (Lipinski definition) is 3. The van der Waals surface area contributed by atoms with Crippen LogP contribution in [0, 0.1) is 0 Å². The van der Waals surface area contributed by atoms with Gasteiger partial charge >= 0.3 is 0 Å². The summed E-state index contributed by atoms with van der Waals surface area (Å²) in [6.45, 7) is 0. The van der Waals surface area contributed by atoms with Crippen molar-refractivity contribution in [3.8, 4) is 11.4 Å². The molecule has 1 aromatic carbocycles. The van der Waals surface area contributed by atoms with Crippen LogP contribution in [0.5, 0.6) is 0 Å². The van der Waals surface area contributed by atoms with Crippen molar-refractivity contribution < 1.29 is 4.79 Å². The van der Waals surface area contributed by atoms with E-state index in [1.165, 1.54) is 4.68 Å². The molecule has 0 saturated carbocycles. The van der Waals surface area contributed by atoms with Crippen molar-refractivity contribution in [3.05, 3.63) is 30.1 Å². The number of nitrogens with one attached hydrogen (secondary N) is 2. The van der Waals surface area contributed by atoms with Gasteiger partial charge in [0, 0.05) is 18.3 Å². The summed E-state index contributed by atoms with van der Waals surface area (Å²) >= 11 is 0. The molecule has 0 radical (unpaired) electrons. The zero-order valence-electron chi connectivity index (χ0n) is 11.0. The number of hydrogen-bond acceptors (Lipinski definition) is 7. The highest BCUT2D eigenvalue weighted by molar-refractivity contribution is 6.01. The van der Waals surface area contributed by atoms with Crippen LogP contribution in [0.25, 0.3) is 11.4 Å². The van der Waals surface area contributed by atoms with Crippen LogP contribution < -0.4 is 11.1 Å². The monoisotopic (exact) mass is 285 g/mol. The molecule has 1 amide bonds. The van der Waals surface area contributed by atoms with Gasteiger partial charge in [-0.2, -0.15) is 4.98 Å². The molecule has 2 heterocycles. The maximum Gasteiger partial charge on any atom is 0.293 e. The van der Waals surface area contributed by atoms with Gasteiger partial charge in [0.2, 0.25) is 11.8 Å². The Morgan fingerprint density at radius 1 is 1.43 bits per heavy atom. The molecule has 0 atom stereocenters. The maximum absolute atomic E-state index is 11.9. The predicted molar refractivity (Wildman–Crippen MR) is 73.0 cm³/mol. The molecular weight excluding hydrogens is 274 g/mol. The van der Waals surface area contributed by atoms with Gasteiger partial charge in [-0.1, -0.05) is 12.1 Å². The number of aromatic amines is 1. The summed E-state index contributed by atoms with van der Waals surface area (Å²) in [7, 11) is 1.73. The molecule has 0 unspecified atom stereocenters. The predicted octanol–water partition coefficient (Wildman–Crippen LogP) is -0.170. The average Bonchev–Trinajstić information content (AvgIpc) is 3.08. The number of rotatable bonds is 3. The summed E-state index contributed by atoms with van der Waals surface area (Å²) in [5.74, 6) is 0.208. The smallest absolute Gasteiger partial charge is 0.293 e. The van der Waals surface area contributed by atoms with E-state index in [-0.39, 0.29) is 11.8 Å². The van der Waals surface area contributed by atoms with Gasteiger partial charge in [0.25, 0.3) is 5.91 Å². The summed E-state index contributed by atoms with van der Waals surface area (Å²) in [4.78, 5) is 15.7. The Labute approximate surface area is 118 Å². The zero-order valence-corrected chi connectivity index (χ0v) is 11.0. The van der Waals surface area contributed by atoms with E-state index < -0.39 is 5.91 Å². The molecule has 0 saturated heterocycles. The molecule has 4 N–H and O–H groups in total. The van der Waals surface area contributed by atoms with Crippen molar-refractivity contribution in [1.82, 2.24) is 35.4 Å². The molecule has 0 bridgehead atoms. The summed E-state index contributed by atoms with van der Waals surface area (Å²) in [6.07, 6.45) is 0. The minimum atomic E-state index is -0.438. The van der Waals surface area contributed by atoms with Crippen LogP contribution >= 0.6 is 0 Å². The van der Waals surface area contributed by atoms with Gasteiger partial charge < -0.3 is 11.1 Å². The molecule has 10 heteroatoms. The van der Waals surface area contributed by atoms with E-state index in [2.05, 4.69) is 36.0 Å². The number of carbonyl (C=O) groups excluding carboxylic acids is 1. The number of H-pyrrole nitrogens is 1. The van der Waals surface area contributed by atoms with Gasteiger partial charge in [0.05, 0.1) is 0 Å². The van der Waals surface area contributed by atoms with E-state index in [4.69, 9.17) is 5.73 Å². The van der Waals surface area contributed by atoms with Gasteiger partial charge in [-0.15, -0.1) is 10.2 Å². The lowest BCUT2D eigenvalue weighted by atomic mass is 10.2. The van der Waals surface area contributed by atoms with Crippen LogP contribution in [0.15, 0.2) is 24.3 Å². The van der Waals surface area contributed by atoms with E-state index in [1.54, 1.807) is 25.2 Å². The number of tetrazole rings is 1. The lowest BCUT2D eigenvalue weighted by molar-refractivity contribution is 0.101. The molecule has 0 spiro atoms. The number of aromatic nitrogens is 7. The first-order valence-corrected chi connectivity index (χ1v) is 5.95. The molecule has 21 heavy (non-hydrogen) atoms. The Kier molecular flexibility index (Phi) is 3.03. The highest BCUT2D eigenvalue weighted by Gasteiger charge is 2.12. The standard InChI is InChI=1S/C11H11N9O/c1-20-9(16-18-19-20)6-3-2-4-7(5-6)13-10(21)8-14-11(12)17-15-8/h2-5H,1H3,(H,13,21)(H3,12,14,15,17). The van der Waals surface area contributed by atoms with Crippen LogP contribution in [-0.2, 0) is 7.05 Å². The van der Waals surface area contributed by atoms with Crippen LogP contribution in [-0.4, -0.2) is 41.3 Å². The van der Waals surface area contributed by atoms with E-state index in [9.17, 15) is 4.79 Å². The summed E-state index contributed by atoms with van der Waals surface area (Å²) in [5.41, 5.74) is 6.71. The molecular formula is C11H11N9O. The number of benzene rings is 1. The normalized spacial score (nSPS) is 10.5. The second-order valence-electron chi connectivity index (χ2n) is 4.20. The quantitative estimate of drug-likeness (QED) is 0.606. The summed E-state index contributed by atoms with van der Waals surface area (Å²) in [5, 5.41) is 20.0. The Morgan fingerprint density at radius 2 is 2.29 bits per heavy atom. The van der Waals surface area contributed by atoms with Gasteiger partial charge in [-0.3, -0.25) is 9.89 Å². The molecule has 0 fully saturated rings. The highest BCUT2D eigenvalue weighted by Crippen LogP contribution is 2.19. The third kappa shape index (κ3) is 2.54. The molecule has 0 aliphatic heterocycles. The van der Waals surface area contributed by atoms with E-state index >= 15 is 0 Å². The number of carbonyl (C=O) groups is 1. The molecule has 3 aromatic rings. The number of anilines is 2. The van der Waals surface area contributed by atoms with Crippen LogP contribution in [0.3, 0.4) is 0 Å². The summed E-state index contributed by atoms with van der Waals surface area (Å²) in [6, 6.07) is 7.12. The number of nitrogens with zero attached hydrogens (tertiary/aromatic N) is 6. The van der Waals surface area contributed by atoms with Crippen LogP contribution in [0.2, 0.25) is 0 Å². The van der Waals surface area contributed by atoms with E-state index in [0.717, 1.165) is 5.56 Å². The topological polar surface area (TPSA) is 140 Å². The second kappa shape index (κ2) is 5.00.